The molecule has 1 heterocycles. The standard InChI is InChI=1S/C22H17ClF3NO2/c23-16-7-6-13(22(24,25)26)10-17(16)27-20(28)18-12-8-14(11-4-2-1-3-5-11)15(9-12)19(18)21(27)29/h1-7,10,12,14-15,18-19H,8-9H2. The van der Waals surface area contributed by atoms with E-state index >= 15 is 0 Å². The van der Waals surface area contributed by atoms with Crippen LogP contribution in [0.4, 0.5) is 18.9 Å². The zero-order valence-corrected chi connectivity index (χ0v) is 16.0. The lowest BCUT2D eigenvalue weighted by Crippen LogP contribution is -2.33. The first kappa shape index (κ1) is 18.7. The van der Waals surface area contributed by atoms with Crippen LogP contribution in [0.2, 0.25) is 5.02 Å². The highest BCUT2D eigenvalue weighted by molar-refractivity contribution is 6.36. The summed E-state index contributed by atoms with van der Waals surface area (Å²) in [6.45, 7) is 0. The van der Waals surface area contributed by atoms with Crippen molar-refractivity contribution >= 4 is 29.1 Å². The number of carbonyl (C=O) groups is 2. The van der Waals surface area contributed by atoms with E-state index in [0.29, 0.717) is 0 Å². The molecule has 2 amide bonds. The lowest BCUT2D eigenvalue weighted by atomic mass is 9.73. The average Bonchev–Trinajstić information content (AvgIpc) is 3.34. The molecule has 2 aliphatic carbocycles. The molecule has 3 nitrogen and oxygen atoms in total. The number of rotatable bonds is 2. The topological polar surface area (TPSA) is 37.4 Å². The van der Waals surface area contributed by atoms with Crippen LogP contribution < -0.4 is 4.90 Å². The van der Waals surface area contributed by atoms with Crippen LogP contribution >= 0.6 is 11.6 Å². The summed E-state index contributed by atoms with van der Waals surface area (Å²) in [7, 11) is 0. The lowest BCUT2D eigenvalue weighted by Gasteiger charge is -2.28. The van der Waals surface area contributed by atoms with Crippen LogP contribution in [0.15, 0.2) is 48.5 Å². The number of anilines is 1. The number of hydrogen-bond acceptors (Lipinski definition) is 2. The molecule has 5 unspecified atom stereocenters. The number of nitrogens with zero attached hydrogens (tertiary/aromatic N) is 1. The number of hydrogen-bond donors (Lipinski definition) is 0. The minimum absolute atomic E-state index is 0.0263. The van der Waals surface area contributed by atoms with Crippen molar-refractivity contribution in [1.29, 1.82) is 0 Å². The minimum atomic E-state index is -4.58. The van der Waals surface area contributed by atoms with Crippen LogP contribution in [0.5, 0.6) is 0 Å². The van der Waals surface area contributed by atoms with Gasteiger partial charge in [0.1, 0.15) is 0 Å². The SMILES string of the molecule is O=C1C2C3CC(c4ccccc4)C(C3)C2C(=O)N1c1cc(C(F)(F)F)ccc1Cl. The molecule has 0 aromatic heterocycles. The van der Waals surface area contributed by atoms with E-state index in [9.17, 15) is 22.8 Å². The summed E-state index contributed by atoms with van der Waals surface area (Å²) < 4.78 is 39.5. The predicted octanol–water partition coefficient (Wildman–Crippen LogP) is 5.29. The second-order valence-electron chi connectivity index (χ2n) is 8.14. The van der Waals surface area contributed by atoms with Crippen LogP contribution in [0.1, 0.15) is 29.9 Å². The molecule has 3 aliphatic rings. The van der Waals surface area contributed by atoms with E-state index in [1.807, 2.05) is 30.3 Å². The van der Waals surface area contributed by atoms with Gasteiger partial charge in [-0.25, -0.2) is 4.90 Å². The molecule has 29 heavy (non-hydrogen) atoms. The van der Waals surface area contributed by atoms with E-state index in [4.69, 9.17) is 11.6 Å². The summed E-state index contributed by atoms with van der Waals surface area (Å²) in [6.07, 6.45) is -2.96. The highest BCUT2D eigenvalue weighted by Gasteiger charge is 2.64. The average molecular weight is 420 g/mol. The van der Waals surface area contributed by atoms with E-state index in [1.165, 1.54) is 0 Å². The Labute approximate surface area is 170 Å². The summed E-state index contributed by atoms with van der Waals surface area (Å²) in [6, 6.07) is 12.6. The van der Waals surface area contributed by atoms with Gasteiger partial charge in [0, 0.05) is 0 Å². The Kier molecular flexibility index (Phi) is 4.07. The maximum atomic E-state index is 13.2. The molecule has 150 valence electrons. The van der Waals surface area contributed by atoms with Gasteiger partial charge < -0.3 is 0 Å². The number of benzene rings is 2. The van der Waals surface area contributed by atoms with Gasteiger partial charge in [0.15, 0.2) is 0 Å². The van der Waals surface area contributed by atoms with Gasteiger partial charge in [-0.15, -0.1) is 0 Å². The fraction of sp³-hybridized carbons (Fsp3) is 0.364. The van der Waals surface area contributed by atoms with Crippen molar-refractivity contribution in [1.82, 2.24) is 0 Å². The maximum Gasteiger partial charge on any atom is 0.416 e. The molecule has 2 saturated carbocycles. The molecule has 1 saturated heterocycles. The Bertz CT molecular complexity index is 1010. The highest BCUT2D eigenvalue weighted by Crippen LogP contribution is 2.62. The van der Waals surface area contributed by atoms with Crippen molar-refractivity contribution in [3.63, 3.8) is 0 Å². The fourth-order valence-corrected chi connectivity index (χ4v) is 5.84. The Hall–Kier alpha value is -2.34. The van der Waals surface area contributed by atoms with Crippen LogP contribution in [-0.4, -0.2) is 11.8 Å². The summed E-state index contributed by atoms with van der Waals surface area (Å²) in [5.74, 6) is -1.50. The van der Waals surface area contributed by atoms with Gasteiger partial charge in [0.2, 0.25) is 11.8 Å². The van der Waals surface area contributed by atoms with Crippen molar-refractivity contribution in [2.75, 3.05) is 4.90 Å². The summed E-state index contributed by atoms with van der Waals surface area (Å²) >= 11 is 6.11. The van der Waals surface area contributed by atoms with E-state index in [0.717, 1.165) is 41.5 Å². The molecule has 0 spiro atoms. The largest absolute Gasteiger partial charge is 0.416 e. The van der Waals surface area contributed by atoms with Gasteiger partial charge in [0.25, 0.3) is 0 Å². The van der Waals surface area contributed by atoms with Gasteiger partial charge >= 0.3 is 6.18 Å². The Balaban J connectivity index is 1.51. The molecule has 2 bridgehead atoms. The van der Waals surface area contributed by atoms with Crippen LogP contribution in [-0.2, 0) is 15.8 Å². The number of imide groups is 1. The van der Waals surface area contributed by atoms with Crippen molar-refractivity contribution in [3.8, 4) is 0 Å². The van der Waals surface area contributed by atoms with Gasteiger partial charge in [0.05, 0.1) is 28.1 Å². The third-order valence-corrected chi connectivity index (χ3v) is 7.08. The molecule has 0 radical (unpaired) electrons. The van der Waals surface area contributed by atoms with Gasteiger partial charge in [-0.3, -0.25) is 9.59 Å². The number of halogens is 4. The van der Waals surface area contributed by atoms with Gasteiger partial charge in [-0.05, 0) is 54.4 Å². The third-order valence-electron chi connectivity index (χ3n) is 6.76. The molecular weight excluding hydrogens is 403 g/mol. The number of fused-ring (bicyclic) bond motifs is 5. The lowest BCUT2D eigenvalue weighted by molar-refractivity contribution is -0.137. The van der Waals surface area contributed by atoms with E-state index in [1.54, 1.807) is 0 Å². The molecule has 5 atom stereocenters. The molecule has 5 rings (SSSR count). The van der Waals surface area contributed by atoms with Crippen molar-refractivity contribution in [2.45, 2.75) is 24.9 Å². The van der Waals surface area contributed by atoms with E-state index < -0.39 is 35.4 Å². The zero-order chi connectivity index (χ0) is 20.5. The van der Waals surface area contributed by atoms with Crippen LogP contribution in [0.25, 0.3) is 0 Å². The first-order valence-corrected chi connectivity index (χ1v) is 9.94. The molecule has 2 aromatic rings. The molecule has 7 heteroatoms. The normalized spacial score (nSPS) is 30.9. The monoisotopic (exact) mass is 419 g/mol. The molecule has 2 aromatic carbocycles. The molecular formula is C22H17ClF3NO2. The second kappa shape index (κ2) is 6.33. The minimum Gasteiger partial charge on any atom is -0.274 e. The van der Waals surface area contributed by atoms with Gasteiger partial charge in [-0.2, -0.15) is 13.2 Å². The van der Waals surface area contributed by atoms with Crippen molar-refractivity contribution in [2.24, 2.45) is 23.7 Å². The number of amides is 2. The fourth-order valence-electron chi connectivity index (χ4n) is 5.64. The summed E-state index contributed by atoms with van der Waals surface area (Å²) in [5.41, 5.74) is 0.0514. The Morgan fingerprint density at radius 1 is 0.931 bits per heavy atom. The van der Waals surface area contributed by atoms with Crippen LogP contribution in [0, 0.1) is 23.7 Å². The van der Waals surface area contributed by atoms with Gasteiger partial charge in [-0.1, -0.05) is 41.9 Å². The molecule has 3 fully saturated rings. The zero-order valence-electron chi connectivity index (χ0n) is 15.2. The third kappa shape index (κ3) is 2.72. The summed E-state index contributed by atoms with van der Waals surface area (Å²) in [4.78, 5) is 27.3. The van der Waals surface area contributed by atoms with Crippen LogP contribution in [0.3, 0.4) is 0 Å². The first-order valence-electron chi connectivity index (χ1n) is 9.57. The molecule has 1 aliphatic heterocycles. The maximum absolute atomic E-state index is 13.2. The number of alkyl halides is 3. The highest BCUT2D eigenvalue weighted by atomic mass is 35.5. The van der Waals surface area contributed by atoms with Crippen molar-refractivity contribution in [3.05, 3.63) is 64.7 Å². The Morgan fingerprint density at radius 2 is 1.62 bits per heavy atom. The summed E-state index contributed by atoms with van der Waals surface area (Å²) in [5, 5.41) is -0.0355. The quantitative estimate of drug-likeness (QED) is 0.620. The predicted molar refractivity (Wildman–Crippen MR) is 101 cm³/mol. The molecule has 0 N–H and O–H groups in total. The Morgan fingerprint density at radius 3 is 2.31 bits per heavy atom. The first-order chi connectivity index (χ1) is 13.8. The van der Waals surface area contributed by atoms with E-state index in [-0.39, 0.29) is 28.5 Å². The number of carbonyl (C=O) groups excluding carboxylic acids is 2. The smallest absolute Gasteiger partial charge is 0.274 e. The van der Waals surface area contributed by atoms with E-state index in [2.05, 4.69) is 0 Å². The van der Waals surface area contributed by atoms with Crippen molar-refractivity contribution < 1.29 is 22.8 Å². The second-order valence-corrected chi connectivity index (χ2v) is 8.55.